The molecule has 134 valence electrons. The highest BCUT2D eigenvalue weighted by atomic mass is 31.2. The minimum absolute atomic E-state index is 0.0486. The molecule has 0 aliphatic rings. The van der Waals surface area contributed by atoms with Crippen molar-refractivity contribution in [3.05, 3.63) is 0 Å². The Labute approximate surface area is 136 Å². The second-order valence-corrected chi connectivity index (χ2v) is 8.19. The lowest BCUT2D eigenvalue weighted by Crippen LogP contribution is -1.88. The van der Waals surface area contributed by atoms with Crippen molar-refractivity contribution in [2.24, 2.45) is 0 Å². The Morgan fingerprint density at radius 1 is 0.500 bits per heavy atom. The summed E-state index contributed by atoms with van der Waals surface area (Å²) >= 11 is 0. The van der Waals surface area contributed by atoms with Crippen LogP contribution in [0.1, 0.15) is 96.3 Å². The zero-order valence-electron chi connectivity index (χ0n) is 14.2. The maximum absolute atomic E-state index is 10.7. The van der Waals surface area contributed by atoms with Crippen LogP contribution in [0.15, 0.2) is 0 Å². The molecule has 0 amide bonds. The number of unbranched alkanes of at least 4 members (excludes halogenated alkanes) is 14. The molecule has 0 radical (unpaired) electrons. The van der Waals surface area contributed by atoms with Crippen LogP contribution in [0.2, 0.25) is 0 Å². The SMILES string of the molecule is O=P(O)(O)CCCCCCCCCCCCCCCCCO. The number of hydrogen-bond acceptors (Lipinski definition) is 2. The summed E-state index contributed by atoms with van der Waals surface area (Å²) in [6, 6.07) is 0. The highest BCUT2D eigenvalue weighted by Gasteiger charge is 2.10. The Morgan fingerprint density at radius 3 is 1.05 bits per heavy atom. The van der Waals surface area contributed by atoms with Crippen molar-refractivity contribution in [1.29, 1.82) is 0 Å². The molecule has 0 heterocycles. The van der Waals surface area contributed by atoms with Crippen LogP contribution in [-0.4, -0.2) is 27.7 Å². The Morgan fingerprint density at radius 2 is 0.773 bits per heavy atom. The fraction of sp³-hybridized carbons (Fsp3) is 1.00. The summed E-state index contributed by atoms with van der Waals surface area (Å²) in [5.41, 5.74) is 0. The number of aliphatic hydroxyl groups is 1. The lowest BCUT2D eigenvalue weighted by molar-refractivity contribution is 0.282. The van der Waals surface area contributed by atoms with Crippen molar-refractivity contribution in [3.63, 3.8) is 0 Å². The maximum Gasteiger partial charge on any atom is 0.325 e. The van der Waals surface area contributed by atoms with E-state index in [-0.39, 0.29) is 6.16 Å². The van der Waals surface area contributed by atoms with Gasteiger partial charge in [0.2, 0.25) is 0 Å². The fourth-order valence-electron chi connectivity index (χ4n) is 2.73. The minimum Gasteiger partial charge on any atom is -0.396 e. The normalized spacial score (nSPS) is 12.0. The molecule has 5 heteroatoms. The van der Waals surface area contributed by atoms with Crippen LogP contribution < -0.4 is 0 Å². The highest BCUT2D eigenvalue weighted by Crippen LogP contribution is 2.35. The minimum atomic E-state index is -3.77. The van der Waals surface area contributed by atoms with E-state index in [2.05, 4.69) is 0 Å². The Bertz CT molecular complexity index is 265. The van der Waals surface area contributed by atoms with Gasteiger partial charge in [0.05, 0.1) is 0 Å². The van der Waals surface area contributed by atoms with Gasteiger partial charge in [0.25, 0.3) is 0 Å². The van der Waals surface area contributed by atoms with Crippen molar-refractivity contribution in [2.45, 2.75) is 96.3 Å². The molecular formula is C17H37O4P. The van der Waals surface area contributed by atoms with Crippen molar-refractivity contribution in [2.75, 3.05) is 12.8 Å². The molecule has 0 saturated heterocycles. The van der Waals surface area contributed by atoms with Crippen molar-refractivity contribution in [3.8, 4) is 0 Å². The average Bonchev–Trinajstić information content (AvgIpc) is 2.45. The van der Waals surface area contributed by atoms with Crippen LogP contribution in [-0.2, 0) is 4.57 Å². The van der Waals surface area contributed by atoms with Gasteiger partial charge < -0.3 is 14.9 Å². The third-order valence-corrected chi connectivity index (χ3v) is 5.01. The van der Waals surface area contributed by atoms with Crippen molar-refractivity contribution < 1.29 is 19.5 Å². The smallest absolute Gasteiger partial charge is 0.325 e. The van der Waals surface area contributed by atoms with E-state index >= 15 is 0 Å². The van der Waals surface area contributed by atoms with Gasteiger partial charge in [0.15, 0.2) is 0 Å². The Balaban J connectivity index is 3.01. The van der Waals surface area contributed by atoms with Gasteiger partial charge in [-0.2, -0.15) is 0 Å². The summed E-state index contributed by atoms with van der Waals surface area (Å²) in [6.45, 7) is 0.337. The van der Waals surface area contributed by atoms with Crippen LogP contribution in [0, 0.1) is 0 Å². The molecule has 0 aromatic heterocycles. The molecule has 0 rings (SSSR count). The van der Waals surface area contributed by atoms with Crippen molar-refractivity contribution >= 4 is 7.60 Å². The zero-order chi connectivity index (χ0) is 16.5. The third kappa shape index (κ3) is 20.1. The molecule has 0 saturated carbocycles. The summed E-state index contributed by atoms with van der Waals surface area (Å²) in [4.78, 5) is 17.5. The number of rotatable bonds is 17. The molecule has 3 N–H and O–H groups in total. The van der Waals surface area contributed by atoms with Crippen LogP contribution >= 0.6 is 7.60 Å². The van der Waals surface area contributed by atoms with E-state index < -0.39 is 7.60 Å². The van der Waals surface area contributed by atoms with Gasteiger partial charge >= 0.3 is 7.60 Å². The summed E-state index contributed by atoms with van der Waals surface area (Å²) in [5, 5.41) is 8.67. The lowest BCUT2D eigenvalue weighted by Gasteiger charge is -2.04. The van der Waals surface area contributed by atoms with Crippen molar-refractivity contribution in [1.82, 2.24) is 0 Å². The first-order valence-corrected chi connectivity index (χ1v) is 11.0. The summed E-state index contributed by atoms with van der Waals surface area (Å²) in [7, 11) is -3.77. The first-order valence-electron chi connectivity index (χ1n) is 9.22. The van der Waals surface area contributed by atoms with Gasteiger partial charge in [-0.05, 0) is 12.8 Å². The average molecular weight is 336 g/mol. The maximum atomic E-state index is 10.7. The molecule has 0 atom stereocenters. The van der Waals surface area contributed by atoms with Gasteiger partial charge in [-0.25, -0.2) is 0 Å². The van der Waals surface area contributed by atoms with E-state index in [4.69, 9.17) is 14.9 Å². The fourth-order valence-corrected chi connectivity index (χ4v) is 3.36. The van der Waals surface area contributed by atoms with Crippen LogP contribution in [0.4, 0.5) is 0 Å². The molecular weight excluding hydrogens is 299 g/mol. The first-order chi connectivity index (χ1) is 10.6. The summed E-state index contributed by atoms with van der Waals surface area (Å²) in [5.74, 6) is 0. The molecule has 0 unspecified atom stereocenters. The molecule has 0 aromatic rings. The monoisotopic (exact) mass is 336 g/mol. The molecule has 0 aliphatic heterocycles. The van der Waals surface area contributed by atoms with Gasteiger partial charge in [0, 0.05) is 12.8 Å². The summed E-state index contributed by atoms with van der Waals surface area (Å²) in [6.07, 6.45) is 17.9. The van der Waals surface area contributed by atoms with Gasteiger partial charge in [-0.3, -0.25) is 4.57 Å². The quantitative estimate of drug-likeness (QED) is 0.258. The molecule has 0 bridgehead atoms. The molecule has 0 aromatic carbocycles. The second kappa shape index (κ2) is 16.0. The van der Waals surface area contributed by atoms with E-state index in [9.17, 15) is 4.57 Å². The summed E-state index contributed by atoms with van der Waals surface area (Å²) < 4.78 is 10.7. The zero-order valence-corrected chi connectivity index (χ0v) is 15.1. The Hall–Kier alpha value is 0.110. The first kappa shape index (κ1) is 22.1. The highest BCUT2D eigenvalue weighted by molar-refractivity contribution is 7.51. The molecule has 0 spiro atoms. The standard InChI is InChI=1S/C17H37O4P/c18-16-14-12-10-8-6-4-2-1-3-5-7-9-11-13-15-17-22(19,20)21/h18H,1-17H2,(H2,19,20,21). The lowest BCUT2D eigenvalue weighted by atomic mass is 10.0. The van der Waals surface area contributed by atoms with Gasteiger partial charge in [0.1, 0.15) is 0 Å². The van der Waals surface area contributed by atoms with Crippen LogP contribution in [0.3, 0.4) is 0 Å². The van der Waals surface area contributed by atoms with E-state index in [0.717, 1.165) is 19.3 Å². The van der Waals surface area contributed by atoms with Gasteiger partial charge in [-0.1, -0.05) is 83.5 Å². The van der Waals surface area contributed by atoms with E-state index in [1.54, 1.807) is 0 Å². The number of hydrogen-bond donors (Lipinski definition) is 3. The van der Waals surface area contributed by atoms with Crippen LogP contribution in [0.5, 0.6) is 0 Å². The predicted molar refractivity (Wildman–Crippen MR) is 93.3 cm³/mol. The number of aliphatic hydroxyl groups excluding tert-OH is 1. The van der Waals surface area contributed by atoms with E-state index in [1.165, 1.54) is 70.6 Å². The topological polar surface area (TPSA) is 77.8 Å². The molecule has 0 aliphatic carbocycles. The molecule has 22 heavy (non-hydrogen) atoms. The second-order valence-electron chi connectivity index (χ2n) is 6.42. The van der Waals surface area contributed by atoms with Crippen LogP contribution in [0.25, 0.3) is 0 Å². The Kier molecular flexibility index (Phi) is 16.1. The third-order valence-electron chi connectivity index (χ3n) is 4.11. The van der Waals surface area contributed by atoms with E-state index in [0.29, 0.717) is 13.0 Å². The molecule has 0 fully saturated rings. The predicted octanol–water partition coefficient (Wildman–Crippen LogP) is 5.01. The van der Waals surface area contributed by atoms with Gasteiger partial charge in [-0.15, -0.1) is 0 Å². The largest absolute Gasteiger partial charge is 0.396 e. The van der Waals surface area contributed by atoms with E-state index in [1.807, 2.05) is 0 Å². The molecule has 4 nitrogen and oxygen atoms in total.